The SMILES string of the molecule is Cc1cc(-n2c(=O)n(-c3cccc(N(C)C(=O)/C=C/CN(C)C4CC4)c3)c3ncnc(N)c32)ccc1OCc1ccccc1. The van der Waals surface area contributed by atoms with Crippen molar-refractivity contribution in [2.45, 2.75) is 32.4 Å². The minimum absolute atomic E-state index is 0.155. The van der Waals surface area contributed by atoms with Crippen LogP contribution in [0.5, 0.6) is 5.75 Å². The van der Waals surface area contributed by atoms with Gasteiger partial charge in [-0.2, -0.15) is 0 Å². The lowest BCUT2D eigenvalue weighted by Crippen LogP contribution is -2.26. The lowest BCUT2D eigenvalue weighted by atomic mass is 10.2. The third kappa shape index (κ3) is 5.84. The van der Waals surface area contributed by atoms with Gasteiger partial charge in [0.1, 0.15) is 24.2 Å². The molecule has 0 saturated heterocycles. The minimum Gasteiger partial charge on any atom is -0.489 e. The number of fused-ring (bicyclic) bond motifs is 1. The second-order valence-electron chi connectivity index (χ2n) is 11.1. The summed E-state index contributed by atoms with van der Waals surface area (Å²) in [6.45, 7) is 3.09. The van der Waals surface area contributed by atoms with Gasteiger partial charge in [-0.25, -0.2) is 19.3 Å². The summed E-state index contributed by atoms with van der Waals surface area (Å²) in [5.74, 6) is 0.739. The number of nitrogens with two attached hydrogens (primary N) is 1. The largest absolute Gasteiger partial charge is 0.489 e. The van der Waals surface area contributed by atoms with E-state index >= 15 is 0 Å². The van der Waals surface area contributed by atoms with Crippen molar-refractivity contribution >= 4 is 28.6 Å². The van der Waals surface area contributed by atoms with Crippen LogP contribution in [0.3, 0.4) is 0 Å². The molecule has 1 aliphatic rings. The van der Waals surface area contributed by atoms with Crippen molar-refractivity contribution in [3.8, 4) is 17.1 Å². The summed E-state index contributed by atoms with van der Waals surface area (Å²) in [6.07, 6.45) is 7.25. The third-order valence-corrected chi connectivity index (χ3v) is 7.93. The number of imidazole rings is 1. The van der Waals surface area contributed by atoms with Crippen LogP contribution in [0.15, 0.2) is 96.1 Å². The van der Waals surface area contributed by atoms with E-state index in [4.69, 9.17) is 10.5 Å². The fourth-order valence-electron chi connectivity index (χ4n) is 5.25. The second-order valence-corrected chi connectivity index (χ2v) is 11.1. The molecule has 5 aromatic rings. The lowest BCUT2D eigenvalue weighted by Gasteiger charge is -2.17. The smallest absolute Gasteiger partial charge is 0.339 e. The molecule has 0 radical (unpaired) electrons. The van der Waals surface area contributed by atoms with Crippen LogP contribution in [0.2, 0.25) is 0 Å². The van der Waals surface area contributed by atoms with Crippen LogP contribution >= 0.6 is 0 Å². The van der Waals surface area contributed by atoms with Gasteiger partial charge in [-0.3, -0.25) is 14.3 Å². The van der Waals surface area contributed by atoms with E-state index in [0.29, 0.717) is 46.6 Å². The van der Waals surface area contributed by atoms with Crippen molar-refractivity contribution in [2.75, 3.05) is 31.3 Å². The molecule has 0 atom stereocenters. The average molecular weight is 590 g/mol. The van der Waals surface area contributed by atoms with E-state index in [2.05, 4.69) is 21.9 Å². The molecule has 2 aromatic heterocycles. The average Bonchev–Trinajstić information content (AvgIpc) is 3.84. The highest BCUT2D eigenvalue weighted by Gasteiger charge is 2.25. The molecule has 2 heterocycles. The number of amides is 1. The number of carbonyl (C=O) groups is 1. The van der Waals surface area contributed by atoms with Gasteiger partial charge >= 0.3 is 5.69 Å². The zero-order valence-corrected chi connectivity index (χ0v) is 25.1. The number of hydrogen-bond donors (Lipinski definition) is 1. The van der Waals surface area contributed by atoms with E-state index in [0.717, 1.165) is 17.7 Å². The molecule has 0 unspecified atom stereocenters. The van der Waals surface area contributed by atoms with Crippen molar-refractivity contribution in [3.63, 3.8) is 0 Å². The Balaban J connectivity index is 1.32. The summed E-state index contributed by atoms with van der Waals surface area (Å²) in [7, 11) is 3.78. The molecule has 44 heavy (non-hydrogen) atoms. The predicted octanol–water partition coefficient (Wildman–Crippen LogP) is 4.65. The summed E-state index contributed by atoms with van der Waals surface area (Å²) in [5, 5.41) is 0. The van der Waals surface area contributed by atoms with E-state index in [1.807, 2.05) is 73.7 Å². The van der Waals surface area contributed by atoms with Crippen LogP contribution < -0.4 is 21.1 Å². The van der Waals surface area contributed by atoms with Gasteiger partial charge in [-0.15, -0.1) is 0 Å². The Labute approximate surface area is 255 Å². The zero-order chi connectivity index (χ0) is 30.8. The second kappa shape index (κ2) is 12.2. The molecule has 0 spiro atoms. The van der Waals surface area contributed by atoms with Crippen molar-refractivity contribution in [3.05, 3.63) is 113 Å². The molecule has 1 aliphatic carbocycles. The van der Waals surface area contributed by atoms with E-state index in [1.54, 1.807) is 30.2 Å². The zero-order valence-electron chi connectivity index (χ0n) is 25.1. The lowest BCUT2D eigenvalue weighted by molar-refractivity contribution is -0.113. The molecule has 224 valence electrons. The predicted molar refractivity (Wildman–Crippen MR) is 173 cm³/mol. The maximum atomic E-state index is 14.1. The van der Waals surface area contributed by atoms with Gasteiger partial charge in [0.05, 0.1) is 11.4 Å². The highest BCUT2D eigenvalue weighted by Crippen LogP contribution is 2.28. The molecular formula is C34H35N7O3. The van der Waals surface area contributed by atoms with E-state index < -0.39 is 0 Å². The minimum atomic E-state index is -0.362. The number of ether oxygens (including phenoxy) is 1. The molecule has 2 N–H and O–H groups in total. The van der Waals surface area contributed by atoms with Crippen LogP contribution in [0.4, 0.5) is 11.5 Å². The normalized spacial score (nSPS) is 13.2. The highest BCUT2D eigenvalue weighted by atomic mass is 16.5. The fraction of sp³-hybridized carbons (Fsp3) is 0.235. The van der Waals surface area contributed by atoms with Gasteiger partial charge in [-0.05, 0) is 74.3 Å². The van der Waals surface area contributed by atoms with Gasteiger partial charge in [0.15, 0.2) is 11.5 Å². The quantitative estimate of drug-likeness (QED) is 0.236. The summed E-state index contributed by atoms with van der Waals surface area (Å²) >= 11 is 0. The van der Waals surface area contributed by atoms with Crippen molar-refractivity contribution in [1.29, 1.82) is 0 Å². The van der Waals surface area contributed by atoms with Crippen molar-refractivity contribution < 1.29 is 9.53 Å². The molecule has 0 aliphatic heterocycles. The van der Waals surface area contributed by atoms with Gasteiger partial charge in [0.2, 0.25) is 5.91 Å². The highest BCUT2D eigenvalue weighted by molar-refractivity contribution is 6.01. The summed E-state index contributed by atoms with van der Waals surface area (Å²) in [6, 6.07) is 23.3. The van der Waals surface area contributed by atoms with Gasteiger partial charge in [0.25, 0.3) is 0 Å². The maximum absolute atomic E-state index is 14.1. The number of aryl methyl sites for hydroxylation is 1. The van der Waals surface area contributed by atoms with E-state index in [9.17, 15) is 9.59 Å². The van der Waals surface area contributed by atoms with Gasteiger partial charge in [0, 0.05) is 31.4 Å². The van der Waals surface area contributed by atoms with E-state index in [1.165, 1.54) is 28.3 Å². The number of aromatic nitrogens is 4. The fourth-order valence-corrected chi connectivity index (χ4v) is 5.25. The first-order valence-corrected chi connectivity index (χ1v) is 14.6. The molecular weight excluding hydrogens is 554 g/mol. The number of anilines is 2. The van der Waals surface area contributed by atoms with Crippen LogP contribution in [0.1, 0.15) is 24.0 Å². The Bertz CT molecular complexity index is 1910. The topological polar surface area (TPSA) is 112 Å². The Morgan fingerprint density at radius 2 is 1.77 bits per heavy atom. The number of nitrogens with zero attached hydrogens (tertiary/aromatic N) is 6. The van der Waals surface area contributed by atoms with Gasteiger partial charge < -0.3 is 15.4 Å². The van der Waals surface area contributed by atoms with Crippen molar-refractivity contribution in [2.24, 2.45) is 0 Å². The van der Waals surface area contributed by atoms with Crippen LogP contribution in [0, 0.1) is 6.92 Å². The number of likely N-dealkylation sites (N-methyl/N-ethyl adjacent to an activating group) is 2. The Morgan fingerprint density at radius 1 is 1.00 bits per heavy atom. The number of benzene rings is 3. The molecule has 1 fully saturated rings. The number of hydrogen-bond acceptors (Lipinski definition) is 7. The van der Waals surface area contributed by atoms with Crippen LogP contribution in [0.25, 0.3) is 22.5 Å². The number of nitrogen functional groups attached to an aromatic ring is 1. The number of rotatable bonds is 10. The first-order valence-electron chi connectivity index (χ1n) is 14.6. The summed E-state index contributed by atoms with van der Waals surface area (Å²) in [5.41, 5.74) is 10.4. The van der Waals surface area contributed by atoms with Crippen molar-refractivity contribution in [1.82, 2.24) is 24.0 Å². The summed E-state index contributed by atoms with van der Waals surface area (Å²) in [4.78, 5) is 39.5. The molecule has 1 amide bonds. The third-order valence-electron chi connectivity index (χ3n) is 7.93. The maximum Gasteiger partial charge on any atom is 0.339 e. The number of carbonyl (C=O) groups excluding carboxylic acids is 1. The first-order chi connectivity index (χ1) is 21.3. The Morgan fingerprint density at radius 3 is 2.52 bits per heavy atom. The molecule has 10 nitrogen and oxygen atoms in total. The Hall–Kier alpha value is -5.22. The standard InChI is InChI=1S/C34H35N7O3/c1-23-19-28(16-17-29(23)44-21-24-9-5-4-6-10-24)40-31-32(35)36-22-37-33(31)41(34(40)43)27-12-7-11-26(20-27)39(3)30(42)13-8-18-38(2)25-14-15-25/h4-13,16-17,19-20,22,25H,14-15,18,21H2,1-3H3,(H2,35,36,37)/b13-8+. The summed E-state index contributed by atoms with van der Waals surface area (Å²) < 4.78 is 9.06. The Kier molecular flexibility index (Phi) is 7.99. The van der Waals surface area contributed by atoms with E-state index in [-0.39, 0.29) is 17.4 Å². The van der Waals surface area contributed by atoms with Crippen LogP contribution in [-0.2, 0) is 11.4 Å². The molecule has 6 rings (SSSR count). The molecule has 10 heteroatoms. The molecule has 0 bridgehead atoms. The molecule has 1 saturated carbocycles. The van der Waals surface area contributed by atoms with Crippen LogP contribution in [-0.4, -0.2) is 56.6 Å². The molecule has 3 aromatic carbocycles. The van der Waals surface area contributed by atoms with Gasteiger partial charge in [-0.1, -0.05) is 42.5 Å². The monoisotopic (exact) mass is 589 g/mol. The first kappa shape index (κ1) is 28.9.